The van der Waals surface area contributed by atoms with Gasteiger partial charge in [0.2, 0.25) is 11.8 Å². The summed E-state index contributed by atoms with van der Waals surface area (Å²) in [6.07, 6.45) is 0.795. The second-order valence-electron chi connectivity index (χ2n) is 9.51. The zero-order chi connectivity index (χ0) is 23.9. The van der Waals surface area contributed by atoms with Crippen molar-refractivity contribution in [3.8, 4) is 0 Å². The molecule has 32 heavy (non-hydrogen) atoms. The van der Waals surface area contributed by atoms with Crippen molar-refractivity contribution >= 4 is 17.9 Å². The smallest absolute Gasteiger partial charge is 0.408 e. The number of alkyl carbamates (subject to hydrolysis) is 1. The lowest BCUT2D eigenvalue weighted by molar-refractivity contribution is -0.141. The average Bonchev–Trinajstić information content (AvgIpc) is 3.17. The van der Waals surface area contributed by atoms with Crippen LogP contribution in [0.25, 0.3) is 0 Å². The lowest BCUT2D eigenvalue weighted by Gasteiger charge is -2.33. The lowest BCUT2D eigenvalue weighted by Crippen LogP contribution is -2.51. The fourth-order valence-electron chi connectivity index (χ4n) is 3.00. The first-order valence-corrected chi connectivity index (χ1v) is 10.5. The largest absolute Gasteiger partial charge is 0.467 e. The van der Waals surface area contributed by atoms with E-state index in [1.165, 1.54) is 11.2 Å². The van der Waals surface area contributed by atoms with Crippen molar-refractivity contribution in [2.24, 2.45) is 0 Å². The molecular weight excluding hydrogens is 410 g/mol. The van der Waals surface area contributed by atoms with E-state index in [4.69, 9.17) is 9.15 Å². The van der Waals surface area contributed by atoms with Gasteiger partial charge < -0.3 is 24.7 Å². The summed E-state index contributed by atoms with van der Waals surface area (Å²) in [5, 5.41) is 5.43. The molecule has 0 aliphatic rings. The monoisotopic (exact) mass is 443 g/mol. The van der Waals surface area contributed by atoms with Gasteiger partial charge in [0.1, 0.15) is 23.9 Å². The Morgan fingerprint density at radius 1 is 1.00 bits per heavy atom. The van der Waals surface area contributed by atoms with E-state index in [-0.39, 0.29) is 19.0 Å². The Labute approximate surface area is 189 Å². The average molecular weight is 444 g/mol. The van der Waals surface area contributed by atoms with Crippen molar-refractivity contribution < 1.29 is 23.5 Å². The molecule has 174 valence electrons. The summed E-state index contributed by atoms with van der Waals surface area (Å²) in [6, 6.07) is 11.5. The SMILES string of the molecule is CC(C)(C)NC(=O)C(c1ccccc1)N(Cc1ccco1)C(=O)CNC(=O)OC(C)(C)C. The predicted octanol–water partition coefficient (Wildman–Crippen LogP) is 3.79. The molecule has 0 saturated heterocycles. The molecule has 2 aromatic rings. The van der Waals surface area contributed by atoms with Gasteiger partial charge in [-0.25, -0.2) is 4.79 Å². The fraction of sp³-hybridized carbons (Fsp3) is 0.458. The second-order valence-corrected chi connectivity index (χ2v) is 9.51. The van der Waals surface area contributed by atoms with Crippen LogP contribution in [-0.4, -0.2) is 40.5 Å². The van der Waals surface area contributed by atoms with Crippen LogP contribution in [-0.2, 0) is 20.9 Å². The number of nitrogens with one attached hydrogen (secondary N) is 2. The number of benzene rings is 1. The number of ether oxygens (including phenoxy) is 1. The summed E-state index contributed by atoms with van der Waals surface area (Å²) in [7, 11) is 0. The van der Waals surface area contributed by atoms with E-state index in [0.29, 0.717) is 11.3 Å². The highest BCUT2D eigenvalue weighted by Gasteiger charge is 2.34. The number of amides is 3. The first-order chi connectivity index (χ1) is 14.9. The van der Waals surface area contributed by atoms with E-state index in [1.807, 2.05) is 26.8 Å². The molecule has 0 spiro atoms. The minimum Gasteiger partial charge on any atom is -0.467 e. The van der Waals surface area contributed by atoms with Gasteiger partial charge >= 0.3 is 6.09 Å². The van der Waals surface area contributed by atoms with Crippen LogP contribution in [0.15, 0.2) is 53.1 Å². The zero-order valence-corrected chi connectivity index (χ0v) is 19.6. The van der Waals surface area contributed by atoms with Crippen molar-refractivity contribution in [3.63, 3.8) is 0 Å². The molecule has 8 heteroatoms. The third kappa shape index (κ3) is 8.09. The molecule has 1 heterocycles. The van der Waals surface area contributed by atoms with Crippen molar-refractivity contribution in [1.82, 2.24) is 15.5 Å². The molecule has 1 aromatic heterocycles. The summed E-state index contributed by atoms with van der Waals surface area (Å²) < 4.78 is 10.6. The molecule has 1 aromatic carbocycles. The summed E-state index contributed by atoms with van der Waals surface area (Å²) in [5.74, 6) is -0.272. The van der Waals surface area contributed by atoms with Gasteiger partial charge in [-0.2, -0.15) is 0 Å². The second kappa shape index (κ2) is 10.3. The number of rotatable bonds is 7. The third-order valence-electron chi connectivity index (χ3n) is 4.18. The van der Waals surface area contributed by atoms with Crippen LogP contribution in [0.2, 0.25) is 0 Å². The number of nitrogens with zero attached hydrogens (tertiary/aromatic N) is 1. The van der Waals surface area contributed by atoms with Crippen LogP contribution < -0.4 is 10.6 Å². The van der Waals surface area contributed by atoms with Crippen LogP contribution in [0.3, 0.4) is 0 Å². The fourth-order valence-corrected chi connectivity index (χ4v) is 3.00. The molecule has 1 atom stereocenters. The molecule has 0 bridgehead atoms. The lowest BCUT2D eigenvalue weighted by atomic mass is 10.0. The van der Waals surface area contributed by atoms with Gasteiger partial charge in [0.05, 0.1) is 12.8 Å². The van der Waals surface area contributed by atoms with Gasteiger partial charge in [0, 0.05) is 5.54 Å². The minimum absolute atomic E-state index is 0.0545. The molecule has 3 amide bonds. The third-order valence-corrected chi connectivity index (χ3v) is 4.18. The summed E-state index contributed by atoms with van der Waals surface area (Å²) in [6.45, 7) is 10.5. The number of carbonyl (C=O) groups is 3. The van der Waals surface area contributed by atoms with Crippen molar-refractivity contribution in [2.45, 2.75) is 65.3 Å². The first-order valence-electron chi connectivity index (χ1n) is 10.5. The molecule has 2 rings (SSSR count). The van der Waals surface area contributed by atoms with E-state index < -0.39 is 29.2 Å². The molecule has 2 N–H and O–H groups in total. The highest BCUT2D eigenvalue weighted by Crippen LogP contribution is 2.25. The molecule has 0 fully saturated rings. The van der Waals surface area contributed by atoms with E-state index in [2.05, 4.69) is 10.6 Å². The Hall–Kier alpha value is -3.29. The molecule has 0 aliphatic carbocycles. The van der Waals surface area contributed by atoms with E-state index in [1.54, 1.807) is 57.2 Å². The van der Waals surface area contributed by atoms with Crippen LogP contribution in [0, 0.1) is 0 Å². The van der Waals surface area contributed by atoms with Crippen LogP contribution in [0.1, 0.15) is 58.9 Å². The van der Waals surface area contributed by atoms with Gasteiger partial charge in [-0.15, -0.1) is 0 Å². The zero-order valence-electron chi connectivity index (χ0n) is 19.6. The normalized spacial score (nSPS) is 12.6. The Morgan fingerprint density at radius 2 is 1.66 bits per heavy atom. The van der Waals surface area contributed by atoms with Crippen LogP contribution >= 0.6 is 0 Å². The van der Waals surface area contributed by atoms with E-state index >= 15 is 0 Å². The van der Waals surface area contributed by atoms with Crippen LogP contribution in [0.5, 0.6) is 0 Å². The van der Waals surface area contributed by atoms with Crippen molar-refractivity contribution in [2.75, 3.05) is 6.54 Å². The van der Waals surface area contributed by atoms with E-state index in [9.17, 15) is 14.4 Å². The maximum absolute atomic E-state index is 13.3. The van der Waals surface area contributed by atoms with Gasteiger partial charge in [-0.1, -0.05) is 30.3 Å². The standard InChI is InChI=1S/C24H33N3O5/c1-23(2,3)26-21(29)20(17-11-8-7-9-12-17)27(16-18-13-10-14-31-18)19(28)15-25-22(30)32-24(4,5)6/h7-14,20H,15-16H2,1-6H3,(H,25,30)(H,26,29). The van der Waals surface area contributed by atoms with Gasteiger partial charge in [0.25, 0.3) is 0 Å². The highest BCUT2D eigenvalue weighted by molar-refractivity contribution is 5.90. The summed E-state index contributed by atoms with van der Waals surface area (Å²) >= 11 is 0. The Balaban J connectivity index is 2.34. The quantitative estimate of drug-likeness (QED) is 0.678. The predicted molar refractivity (Wildman–Crippen MR) is 121 cm³/mol. The van der Waals surface area contributed by atoms with Gasteiger partial charge in [-0.3, -0.25) is 9.59 Å². The van der Waals surface area contributed by atoms with Crippen LogP contribution in [0.4, 0.5) is 4.79 Å². The number of carbonyl (C=O) groups excluding carboxylic acids is 3. The highest BCUT2D eigenvalue weighted by atomic mass is 16.6. The maximum atomic E-state index is 13.3. The molecule has 8 nitrogen and oxygen atoms in total. The minimum atomic E-state index is -0.923. The molecule has 1 unspecified atom stereocenters. The maximum Gasteiger partial charge on any atom is 0.408 e. The number of hydrogen-bond donors (Lipinski definition) is 2. The molecule has 0 aliphatic heterocycles. The van der Waals surface area contributed by atoms with Gasteiger partial charge in [0.15, 0.2) is 0 Å². The molecule has 0 radical (unpaired) electrons. The Morgan fingerprint density at radius 3 is 2.19 bits per heavy atom. The Kier molecular flexibility index (Phi) is 8.08. The number of furan rings is 1. The van der Waals surface area contributed by atoms with Gasteiger partial charge in [-0.05, 0) is 59.2 Å². The van der Waals surface area contributed by atoms with Crippen molar-refractivity contribution in [1.29, 1.82) is 0 Å². The van der Waals surface area contributed by atoms with E-state index in [0.717, 1.165) is 0 Å². The number of hydrogen-bond acceptors (Lipinski definition) is 5. The Bertz CT molecular complexity index is 896. The summed E-state index contributed by atoms with van der Waals surface area (Å²) in [4.78, 5) is 40.0. The van der Waals surface area contributed by atoms with Crippen molar-refractivity contribution in [3.05, 3.63) is 60.1 Å². The molecular formula is C24H33N3O5. The summed E-state index contributed by atoms with van der Waals surface area (Å²) in [5.41, 5.74) is -0.551. The first kappa shape index (κ1) is 25.0. The molecule has 0 saturated carbocycles. The topological polar surface area (TPSA) is 101 Å².